The summed E-state index contributed by atoms with van der Waals surface area (Å²) in [5, 5.41) is 9.60. The van der Waals surface area contributed by atoms with E-state index >= 15 is 0 Å². The predicted molar refractivity (Wildman–Crippen MR) is 58.0 cm³/mol. The van der Waals surface area contributed by atoms with E-state index in [-0.39, 0.29) is 12.5 Å². The highest BCUT2D eigenvalue weighted by Gasteiger charge is 2.06. The Morgan fingerprint density at radius 1 is 1.53 bits per heavy atom. The van der Waals surface area contributed by atoms with E-state index in [4.69, 9.17) is 21.4 Å². The molecule has 1 atom stereocenters. The third kappa shape index (κ3) is 3.68. The number of rotatable bonds is 5. The van der Waals surface area contributed by atoms with E-state index in [9.17, 15) is 4.39 Å². The first-order chi connectivity index (χ1) is 7.17. The quantitative estimate of drug-likeness (QED) is 0.846. The maximum Gasteiger partial charge on any atom is 0.124 e. The van der Waals surface area contributed by atoms with E-state index in [0.29, 0.717) is 22.9 Å². The molecule has 1 N–H and O–H groups in total. The van der Waals surface area contributed by atoms with E-state index in [1.165, 1.54) is 0 Å². The summed E-state index contributed by atoms with van der Waals surface area (Å²) in [7, 11) is 0. The third-order valence-corrected chi connectivity index (χ3v) is 2.21. The molecule has 0 amide bonds. The maximum absolute atomic E-state index is 12.2. The van der Waals surface area contributed by atoms with Crippen LogP contribution in [0, 0.1) is 5.92 Å². The van der Waals surface area contributed by atoms with Crippen molar-refractivity contribution in [2.24, 2.45) is 5.92 Å². The number of aliphatic hydroxyl groups excluding tert-OH is 1. The van der Waals surface area contributed by atoms with Gasteiger partial charge in [0.05, 0.1) is 19.9 Å². The summed E-state index contributed by atoms with van der Waals surface area (Å²) in [6.45, 7) is 1.50. The van der Waals surface area contributed by atoms with E-state index in [1.54, 1.807) is 25.1 Å². The minimum atomic E-state index is -0.415. The van der Waals surface area contributed by atoms with E-state index in [2.05, 4.69) is 0 Å². The largest absolute Gasteiger partial charge is 0.493 e. The summed E-state index contributed by atoms with van der Waals surface area (Å²) in [6.07, 6.45) is 0. The second-order valence-corrected chi connectivity index (χ2v) is 3.92. The van der Waals surface area contributed by atoms with Gasteiger partial charge in [0, 0.05) is 16.5 Å². The van der Waals surface area contributed by atoms with Gasteiger partial charge >= 0.3 is 0 Å². The van der Waals surface area contributed by atoms with Gasteiger partial charge in [0.1, 0.15) is 5.75 Å². The van der Waals surface area contributed by atoms with Gasteiger partial charge in [-0.25, -0.2) is 0 Å². The van der Waals surface area contributed by atoms with Crippen molar-refractivity contribution in [3.05, 3.63) is 28.8 Å². The first kappa shape index (κ1) is 12.3. The lowest BCUT2D eigenvalue weighted by atomic mass is 10.2. The Labute approximate surface area is 93.6 Å². The fourth-order valence-corrected chi connectivity index (χ4v) is 1.28. The van der Waals surface area contributed by atoms with Crippen molar-refractivity contribution >= 4 is 11.6 Å². The predicted octanol–water partition coefficient (Wildman–Crippen LogP) is 2.82. The van der Waals surface area contributed by atoms with Gasteiger partial charge in [-0.05, 0) is 18.2 Å². The van der Waals surface area contributed by atoms with Gasteiger partial charge in [-0.2, -0.15) is 0 Å². The summed E-state index contributed by atoms with van der Waals surface area (Å²) < 4.78 is 17.6. The summed E-state index contributed by atoms with van der Waals surface area (Å²) >= 11 is 5.76. The molecule has 2 nitrogen and oxygen atoms in total. The molecule has 15 heavy (non-hydrogen) atoms. The lowest BCUT2D eigenvalue weighted by Crippen LogP contribution is -2.11. The molecule has 0 fully saturated rings. The number of ether oxygens (including phenoxy) is 1. The van der Waals surface area contributed by atoms with Crippen LogP contribution in [0.2, 0.25) is 5.02 Å². The molecule has 1 aromatic carbocycles. The topological polar surface area (TPSA) is 29.5 Å². The average Bonchev–Trinajstić information content (AvgIpc) is 2.26. The molecule has 0 saturated carbocycles. The molecule has 0 aliphatic rings. The summed E-state index contributed by atoms with van der Waals surface area (Å²) in [4.78, 5) is 0. The number of halogens is 2. The molecule has 0 aliphatic carbocycles. The van der Waals surface area contributed by atoms with Gasteiger partial charge in [0.15, 0.2) is 0 Å². The van der Waals surface area contributed by atoms with Crippen LogP contribution in [0.5, 0.6) is 5.75 Å². The third-order valence-electron chi connectivity index (χ3n) is 1.98. The zero-order valence-electron chi connectivity index (χ0n) is 8.54. The van der Waals surface area contributed by atoms with Gasteiger partial charge in [-0.1, -0.05) is 18.5 Å². The minimum Gasteiger partial charge on any atom is -0.493 e. The average molecular weight is 233 g/mol. The SMILES string of the molecule is CC(CF)COc1ccc(Cl)cc1CO. The normalized spacial score (nSPS) is 12.5. The maximum atomic E-state index is 12.2. The molecule has 0 aliphatic heterocycles. The van der Waals surface area contributed by atoms with Crippen molar-refractivity contribution in [2.45, 2.75) is 13.5 Å². The Bertz CT molecular complexity index is 317. The van der Waals surface area contributed by atoms with Gasteiger partial charge < -0.3 is 9.84 Å². The second-order valence-electron chi connectivity index (χ2n) is 3.48. The molecular formula is C11H14ClFO2. The summed E-state index contributed by atoms with van der Waals surface area (Å²) in [6, 6.07) is 4.99. The number of hydrogen-bond donors (Lipinski definition) is 1. The van der Waals surface area contributed by atoms with Crippen LogP contribution >= 0.6 is 11.6 Å². The van der Waals surface area contributed by atoms with Crippen LogP contribution in [-0.2, 0) is 6.61 Å². The first-order valence-corrected chi connectivity index (χ1v) is 5.13. The fraction of sp³-hybridized carbons (Fsp3) is 0.455. The van der Waals surface area contributed by atoms with Gasteiger partial charge in [-0.15, -0.1) is 0 Å². The Balaban J connectivity index is 2.67. The van der Waals surface area contributed by atoms with Crippen LogP contribution in [-0.4, -0.2) is 18.4 Å². The minimum absolute atomic E-state index is 0.139. The number of aliphatic hydroxyl groups is 1. The Morgan fingerprint density at radius 2 is 2.27 bits per heavy atom. The lowest BCUT2D eigenvalue weighted by Gasteiger charge is -2.12. The summed E-state index contributed by atoms with van der Waals surface area (Å²) in [5.74, 6) is 0.412. The van der Waals surface area contributed by atoms with Crippen LogP contribution in [0.1, 0.15) is 12.5 Å². The van der Waals surface area contributed by atoms with Crippen LogP contribution in [0.3, 0.4) is 0 Å². The highest BCUT2D eigenvalue weighted by Crippen LogP contribution is 2.23. The molecule has 0 spiro atoms. The van der Waals surface area contributed by atoms with E-state index in [1.807, 2.05) is 0 Å². The molecule has 0 bridgehead atoms. The van der Waals surface area contributed by atoms with Crippen molar-refractivity contribution in [2.75, 3.05) is 13.3 Å². The summed E-state index contributed by atoms with van der Waals surface area (Å²) in [5.41, 5.74) is 0.619. The van der Waals surface area contributed by atoms with Gasteiger partial charge in [0.25, 0.3) is 0 Å². The zero-order valence-corrected chi connectivity index (χ0v) is 9.30. The molecule has 1 rings (SSSR count). The second kappa shape index (κ2) is 5.93. The number of benzene rings is 1. The van der Waals surface area contributed by atoms with Crippen molar-refractivity contribution < 1.29 is 14.2 Å². The molecule has 1 aromatic rings. The zero-order chi connectivity index (χ0) is 11.3. The Morgan fingerprint density at radius 3 is 2.87 bits per heavy atom. The van der Waals surface area contributed by atoms with Crippen molar-refractivity contribution in [3.8, 4) is 5.75 Å². The van der Waals surface area contributed by atoms with Crippen LogP contribution < -0.4 is 4.74 Å². The molecule has 0 saturated heterocycles. The standard InChI is InChI=1S/C11H14ClFO2/c1-8(5-13)7-15-11-3-2-10(12)4-9(11)6-14/h2-4,8,14H,5-7H2,1H3. The van der Waals surface area contributed by atoms with Crippen molar-refractivity contribution in [1.82, 2.24) is 0 Å². The van der Waals surface area contributed by atoms with Crippen molar-refractivity contribution in [1.29, 1.82) is 0 Å². The van der Waals surface area contributed by atoms with Crippen molar-refractivity contribution in [3.63, 3.8) is 0 Å². The smallest absolute Gasteiger partial charge is 0.124 e. The number of hydrogen-bond acceptors (Lipinski definition) is 2. The molecule has 4 heteroatoms. The van der Waals surface area contributed by atoms with Gasteiger partial charge in [-0.3, -0.25) is 4.39 Å². The van der Waals surface area contributed by atoms with Gasteiger partial charge in [0.2, 0.25) is 0 Å². The van der Waals surface area contributed by atoms with E-state index in [0.717, 1.165) is 0 Å². The monoisotopic (exact) mass is 232 g/mol. The van der Waals surface area contributed by atoms with Crippen LogP contribution in [0.4, 0.5) is 4.39 Å². The molecule has 0 aromatic heterocycles. The molecule has 0 heterocycles. The fourth-order valence-electron chi connectivity index (χ4n) is 1.09. The molecule has 84 valence electrons. The highest BCUT2D eigenvalue weighted by atomic mass is 35.5. The molecule has 1 unspecified atom stereocenters. The highest BCUT2D eigenvalue weighted by molar-refractivity contribution is 6.30. The Kier molecular flexibility index (Phi) is 4.85. The lowest BCUT2D eigenvalue weighted by molar-refractivity contribution is 0.218. The Hall–Kier alpha value is -0.800. The molecule has 0 radical (unpaired) electrons. The van der Waals surface area contributed by atoms with E-state index < -0.39 is 6.67 Å². The van der Waals surface area contributed by atoms with Crippen LogP contribution in [0.25, 0.3) is 0 Å². The van der Waals surface area contributed by atoms with Crippen LogP contribution in [0.15, 0.2) is 18.2 Å². The number of alkyl halides is 1. The first-order valence-electron chi connectivity index (χ1n) is 4.75. The molecular weight excluding hydrogens is 219 g/mol.